The van der Waals surface area contributed by atoms with Gasteiger partial charge in [-0.3, -0.25) is 4.79 Å². The van der Waals surface area contributed by atoms with Gasteiger partial charge in [0, 0.05) is 31.9 Å². The highest BCUT2D eigenvalue weighted by Gasteiger charge is 2.11. The first-order chi connectivity index (χ1) is 10.5. The average Bonchev–Trinajstić information content (AvgIpc) is 2.53. The van der Waals surface area contributed by atoms with Crippen molar-refractivity contribution in [1.29, 1.82) is 0 Å². The van der Waals surface area contributed by atoms with Crippen LogP contribution in [-0.2, 0) is 0 Å². The summed E-state index contributed by atoms with van der Waals surface area (Å²) in [6.07, 6.45) is -0.870. The standard InChI is InChI=1S/C17H19FN2O2/c1-20(2)15-9-5-13(6-10-15)17(22)19-11-16(21)12-3-7-14(18)8-4-12/h3-10,16,21H,11H2,1-2H3,(H,19,22). The second-order valence-corrected chi connectivity index (χ2v) is 5.22. The summed E-state index contributed by atoms with van der Waals surface area (Å²) in [4.78, 5) is 14.0. The number of rotatable bonds is 5. The zero-order valence-corrected chi connectivity index (χ0v) is 12.6. The SMILES string of the molecule is CN(C)c1ccc(C(=O)NCC(O)c2ccc(F)cc2)cc1. The van der Waals surface area contributed by atoms with Crippen LogP contribution in [0.2, 0.25) is 0 Å². The van der Waals surface area contributed by atoms with Crippen molar-refractivity contribution in [2.45, 2.75) is 6.10 Å². The minimum atomic E-state index is -0.870. The average molecular weight is 302 g/mol. The Morgan fingerprint density at radius 1 is 1.14 bits per heavy atom. The fourth-order valence-corrected chi connectivity index (χ4v) is 2.01. The summed E-state index contributed by atoms with van der Waals surface area (Å²) in [7, 11) is 3.85. The summed E-state index contributed by atoms with van der Waals surface area (Å²) in [5.74, 6) is -0.618. The van der Waals surface area contributed by atoms with Gasteiger partial charge < -0.3 is 15.3 Å². The number of carbonyl (C=O) groups excluding carboxylic acids is 1. The van der Waals surface area contributed by atoms with E-state index < -0.39 is 6.10 Å². The van der Waals surface area contributed by atoms with Gasteiger partial charge in [0.1, 0.15) is 5.82 Å². The molecule has 0 aliphatic carbocycles. The molecule has 2 aromatic carbocycles. The van der Waals surface area contributed by atoms with Gasteiger partial charge in [-0.15, -0.1) is 0 Å². The zero-order valence-electron chi connectivity index (χ0n) is 12.6. The maximum atomic E-state index is 12.8. The minimum Gasteiger partial charge on any atom is -0.387 e. The zero-order chi connectivity index (χ0) is 16.1. The number of hydrogen-bond donors (Lipinski definition) is 2. The molecular formula is C17H19FN2O2. The van der Waals surface area contributed by atoms with Crippen LogP contribution < -0.4 is 10.2 Å². The van der Waals surface area contributed by atoms with Crippen LogP contribution in [0.3, 0.4) is 0 Å². The Hall–Kier alpha value is -2.40. The van der Waals surface area contributed by atoms with Crippen molar-refractivity contribution in [3.63, 3.8) is 0 Å². The number of nitrogens with one attached hydrogen (secondary N) is 1. The molecule has 0 saturated heterocycles. The third-order valence-electron chi connectivity index (χ3n) is 3.36. The molecule has 0 aromatic heterocycles. The Bertz CT molecular complexity index is 624. The number of aliphatic hydroxyl groups excluding tert-OH is 1. The maximum Gasteiger partial charge on any atom is 0.251 e. The van der Waals surface area contributed by atoms with Crippen molar-refractivity contribution in [2.75, 3.05) is 25.5 Å². The smallest absolute Gasteiger partial charge is 0.251 e. The van der Waals surface area contributed by atoms with Crippen LogP contribution >= 0.6 is 0 Å². The summed E-state index contributed by atoms with van der Waals surface area (Å²) in [5, 5.41) is 12.6. The predicted molar refractivity (Wildman–Crippen MR) is 84.5 cm³/mol. The fourth-order valence-electron chi connectivity index (χ4n) is 2.01. The van der Waals surface area contributed by atoms with Crippen molar-refractivity contribution in [1.82, 2.24) is 5.32 Å². The lowest BCUT2D eigenvalue weighted by Gasteiger charge is -2.14. The summed E-state index contributed by atoms with van der Waals surface area (Å²) in [6, 6.07) is 12.7. The molecule has 0 fully saturated rings. The number of nitrogens with zero attached hydrogens (tertiary/aromatic N) is 1. The lowest BCUT2D eigenvalue weighted by molar-refractivity contribution is 0.0916. The number of hydrogen-bond acceptors (Lipinski definition) is 3. The van der Waals surface area contributed by atoms with Gasteiger partial charge in [-0.1, -0.05) is 12.1 Å². The third-order valence-corrected chi connectivity index (χ3v) is 3.36. The molecule has 2 N–H and O–H groups in total. The summed E-state index contributed by atoms with van der Waals surface area (Å²) in [6.45, 7) is 0.0693. The van der Waals surface area contributed by atoms with Gasteiger partial charge in [-0.05, 0) is 42.0 Å². The number of carbonyl (C=O) groups is 1. The van der Waals surface area contributed by atoms with Crippen LogP contribution in [0.5, 0.6) is 0 Å². The first kappa shape index (κ1) is 16.0. The first-order valence-electron chi connectivity index (χ1n) is 6.96. The monoisotopic (exact) mass is 302 g/mol. The van der Waals surface area contributed by atoms with Crippen molar-refractivity contribution >= 4 is 11.6 Å². The molecule has 0 heterocycles. The van der Waals surface area contributed by atoms with Crippen LogP contribution in [0.25, 0.3) is 0 Å². The van der Waals surface area contributed by atoms with E-state index in [2.05, 4.69) is 5.32 Å². The quantitative estimate of drug-likeness (QED) is 0.891. The largest absolute Gasteiger partial charge is 0.387 e. The Labute approximate surface area is 129 Å². The Morgan fingerprint density at radius 2 is 1.73 bits per heavy atom. The number of halogens is 1. The van der Waals surface area contributed by atoms with Crippen LogP contribution in [0.15, 0.2) is 48.5 Å². The number of benzene rings is 2. The van der Waals surface area contributed by atoms with Crippen LogP contribution in [0, 0.1) is 5.82 Å². The van der Waals surface area contributed by atoms with E-state index in [1.54, 1.807) is 12.1 Å². The lowest BCUT2D eigenvalue weighted by atomic mass is 10.1. The molecule has 0 spiro atoms. The van der Waals surface area contributed by atoms with E-state index in [-0.39, 0.29) is 18.3 Å². The van der Waals surface area contributed by atoms with E-state index in [0.717, 1.165) is 5.69 Å². The summed E-state index contributed by atoms with van der Waals surface area (Å²) < 4.78 is 12.8. The molecule has 5 heteroatoms. The van der Waals surface area contributed by atoms with Crippen LogP contribution in [0.4, 0.5) is 10.1 Å². The molecule has 1 atom stereocenters. The van der Waals surface area contributed by atoms with E-state index in [9.17, 15) is 14.3 Å². The molecular weight excluding hydrogens is 283 g/mol. The van der Waals surface area contributed by atoms with Gasteiger partial charge in [-0.2, -0.15) is 0 Å². The second kappa shape index (κ2) is 7.04. The topological polar surface area (TPSA) is 52.6 Å². The molecule has 2 rings (SSSR count). The first-order valence-corrected chi connectivity index (χ1v) is 6.96. The highest BCUT2D eigenvalue weighted by atomic mass is 19.1. The highest BCUT2D eigenvalue weighted by molar-refractivity contribution is 5.94. The molecule has 0 aliphatic heterocycles. The minimum absolute atomic E-state index is 0.0693. The number of amides is 1. The van der Waals surface area contributed by atoms with Crippen molar-refractivity contribution in [3.8, 4) is 0 Å². The van der Waals surface area contributed by atoms with E-state index >= 15 is 0 Å². The molecule has 1 unspecified atom stereocenters. The fraction of sp³-hybridized carbons (Fsp3) is 0.235. The van der Waals surface area contributed by atoms with Crippen LogP contribution in [0.1, 0.15) is 22.0 Å². The Kier molecular flexibility index (Phi) is 5.12. The molecule has 0 bridgehead atoms. The normalized spacial score (nSPS) is 11.8. The number of anilines is 1. The highest BCUT2D eigenvalue weighted by Crippen LogP contribution is 2.14. The second-order valence-electron chi connectivity index (χ2n) is 5.22. The van der Waals surface area contributed by atoms with Gasteiger partial charge in [-0.25, -0.2) is 4.39 Å². The van der Waals surface area contributed by atoms with E-state index in [1.807, 2.05) is 31.1 Å². The summed E-state index contributed by atoms with van der Waals surface area (Å²) in [5.41, 5.74) is 2.09. The third kappa shape index (κ3) is 4.05. The molecule has 4 nitrogen and oxygen atoms in total. The molecule has 116 valence electrons. The molecule has 1 amide bonds. The van der Waals surface area contributed by atoms with Gasteiger partial charge in [0.15, 0.2) is 0 Å². The van der Waals surface area contributed by atoms with Gasteiger partial charge in [0.05, 0.1) is 6.10 Å². The lowest BCUT2D eigenvalue weighted by Crippen LogP contribution is -2.28. The van der Waals surface area contributed by atoms with Gasteiger partial charge >= 0.3 is 0 Å². The summed E-state index contributed by atoms with van der Waals surface area (Å²) >= 11 is 0. The molecule has 0 radical (unpaired) electrons. The molecule has 0 saturated carbocycles. The van der Waals surface area contributed by atoms with E-state index in [1.165, 1.54) is 24.3 Å². The Morgan fingerprint density at radius 3 is 2.27 bits per heavy atom. The van der Waals surface area contributed by atoms with E-state index in [4.69, 9.17) is 0 Å². The van der Waals surface area contributed by atoms with Crippen LogP contribution in [-0.4, -0.2) is 31.7 Å². The predicted octanol–water partition coefficient (Wildman–Crippen LogP) is 2.36. The number of aliphatic hydroxyl groups is 1. The van der Waals surface area contributed by atoms with Crippen molar-refractivity contribution in [2.24, 2.45) is 0 Å². The van der Waals surface area contributed by atoms with E-state index in [0.29, 0.717) is 11.1 Å². The van der Waals surface area contributed by atoms with Gasteiger partial charge in [0.25, 0.3) is 5.91 Å². The van der Waals surface area contributed by atoms with Crippen molar-refractivity contribution in [3.05, 3.63) is 65.5 Å². The molecule has 2 aromatic rings. The molecule has 0 aliphatic rings. The molecule has 22 heavy (non-hydrogen) atoms. The van der Waals surface area contributed by atoms with Gasteiger partial charge in [0.2, 0.25) is 0 Å². The van der Waals surface area contributed by atoms with Crippen molar-refractivity contribution < 1.29 is 14.3 Å². The maximum absolute atomic E-state index is 12.8. The Balaban J connectivity index is 1.93.